The molecular formula is C33H27ClF4N4O5. The third-order valence-electron chi connectivity index (χ3n) is 8.15. The molecule has 0 radical (unpaired) electrons. The van der Waals surface area contributed by atoms with Crippen LogP contribution in [0.5, 0.6) is 11.6 Å². The van der Waals surface area contributed by atoms with E-state index in [0.29, 0.717) is 29.0 Å². The molecule has 5 aromatic rings. The first-order valence-electron chi connectivity index (χ1n) is 14.3. The van der Waals surface area contributed by atoms with Gasteiger partial charge in [-0.15, -0.1) is 0 Å². The molecule has 0 bridgehead atoms. The van der Waals surface area contributed by atoms with Crippen molar-refractivity contribution in [2.24, 2.45) is 5.41 Å². The Bertz CT molecular complexity index is 2040. The minimum atomic E-state index is -1.47. The van der Waals surface area contributed by atoms with Gasteiger partial charge in [-0.1, -0.05) is 25.4 Å². The fraction of sp³-hybridized carbons (Fsp3) is 0.273. The predicted octanol–water partition coefficient (Wildman–Crippen LogP) is 7.18. The number of carboxylic acid groups (broad SMARTS) is 1. The Morgan fingerprint density at radius 2 is 1.87 bits per heavy atom. The van der Waals surface area contributed by atoms with Crippen LogP contribution in [-0.4, -0.2) is 50.9 Å². The summed E-state index contributed by atoms with van der Waals surface area (Å²) in [6, 6.07) is 8.22. The number of aromatic carboxylic acids is 1. The van der Waals surface area contributed by atoms with E-state index in [2.05, 4.69) is 15.0 Å². The van der Waals surface area contributed by atoms with E-state index in [1.165, 1.54) is 37.6 Å². The van der Waals surface area contributed by atoms with E-state index in [9.17, 15) is 14.3 Å². The van der Waals surface area contributed by atoms with Crippen molar-refractivity contribution in [1.82, 2.24) is 19.5 Å². The first-order valence-corrected chi connectivity index (χ1v) is 14.7. The fourth-order valence-corrected chi connectivity index (χ4v) is 5.78. The third kappa shape index (κ3) is 6.08. The second-order valence-electron chi connectivity index (χ2n) is 11.7. The van der Waals surface area contributed by atoms with Crippen LogP contribution in [0.1, 0.15) is 47.2 Å². The van der Waals surface area contributed by atoms with Crippen molar-refractivity contribution in [1.29, 1.82) is 0 Å². The van der Waals surface area contributed by atoms with Gasteiger partial charge in [0.1, 0.15) is 29.2 Å². The molecule has 0 amide bonds. The third-order valence-corrected chi connectivity index (χ3v) is 8.35. The number of methoxy groups -OCH3 is 1. The number of hydrogen-bond acceptors (Lipinski definition) is 7. The van der Waals surface area contributed by atoms with Gasteiger partial charge in [0.2, 0.25) is 0 Å². The number of fused-ring (bicyclic) bond motifs is 1. The molecule has 0 spiro atoms. The largest absolute Gasteiger partial charge is 0.496 e. The molecule has 1 aliphatic rings. The SMILES string of the molecule is COc1cc(Cl)ncc1COc1nc(-c2cc(F)c(Cc3nc4ccc(C(=O)O)cc4n3C3COCC3(C)C)c(F)c2F)ccc1F. The van der Waals surface area contributed by atoms with Crippen molar-refractivity contribution in [2.75, 3.05) is 20.3 Å². The van der Waals surface area contributed by atoms with Crippen molar-refractivity contribution in [3.63, 3.8) is 0 Å². The Hall–Kier alpha value is -4.75. The molecule has 9 nitrogen and oxygen atoms in total. The number of rotatable bonds is 9. The average Bonchev–Trinajstić information content (AvgIpc) is 3.57. The topological polar surface area (TPSA) is 109 Å². The molecule has 1 N–H and O–H groups in total. The number of carbonyl (C=O) groups is 1. The standard InChI is InChI=1S/C33H27ClF4N4O5/c1-33(2)15-46-14-26(33)42-24-8-16(32(43)44)4-6-23(24)40-28(42)10-18-21(36)9-19(30(38)29(18)37)22-7-5-20(35)31(41-22)47-13-17-12-39-27(34)11-25(17)45-3/h4-9,11-12,26H,10,13-15H2,1-3H3,(H,43,44). The van der Waals surface area contributed by atoms with Crippen LogP contribution in [-0.2, 0) is 17.8 Å². The second-order valence-corrected chi connectivity index (χ2v) is 12.1. The Balaban J connectivity index is 1.36. The molecule has 14 heteroatoms. The number of nitrogens with zero attached hydrogens (tertiary/aromatic N) is 4. The smallest absolute Gasteiger partial charge is 0.335 e. The second kappa shape index (κ2) is 12.5. The van der Waals surface area contributed by atoms with Crippen LogP contribution in [0.4, 0.5) is 17.6 Å². The monoisotopic (exact) mass is 670 g/mol. The minimum Gasteiger partial charge on any atom is -0.496 e. The summed E-state index contributed by atoms with van der Waals surface area (Å²) >= 11 is 5.88. The van der Waals surface area contributed by atoms with Crippen LogP contribution in [0.3, 0.4) is 0 Å². The lowest BCUT2D eigenvalue weighted by atomic mass is 9.87. The average molecular weight is 671 g/mol. The maximum absolute atomic E-state index is 15.7. The van der Waals surface area contributed by atoms with E-state index in [4.69, 9.17) is 25.8 Å². The number of hydrogen-bond donors (Lipinski definition) is 1. The van der Waals surface area contributed by atoms with Gasteiger partial charge in [0, 0.05) is 40.8 Å². The highest BCUT2D eigenvalue weighted by Gasteiger charge is 2.39. The molecule has 0 aliphatic carbocycles. The molecule has 4 heterocycles. The van der Waals surface area contributed by atoms with E-state index in [-0.39, 0.29) is 41.5 Å². The summed E-state index contributed by atoms with van der Waals surface area (Å²) in [5.74, 6) is -6.03. The van der Waals surface area contributed by atoms with Gasteiger partial charge in [-0.05, 0) is 36.4 Å². The summed E-state index contributed by atoms with van der Waals surface area (Å²) in [5, 5.41) is 9.74. The zero-order valence-electron chi connectivity index (χ0n) is 25.3. The van der Waals surface area contributed by atoms with Crippen LogP contribution in [0, 0.1) is 28.7 Å². The highest BCUT2D eigenvalue weighted by atomic mass is 35.5. The van der Waals surface area contributed by atoms with E-state index in [1.54, 1.807) is 4.57 Å². The summed E-state index contributed by atoms with van der Waals surface area (Å²) in [5.41, 5.74) is -0.595. The van der Waals surface area contributed by atoms with Crippen molar-refractivity contribution >= 4 is 28.6 Å². The van der Waals surface area contributed by atoms with Crippen LogP contribution in [0.15, 0.2) is 48.7 Å². The van der Waals surface area contributed by atoms with Crippen LogP contribution < -0.4 is 9.47 Å². The zero-order chi connectivity index (χ0) is 33.6. The van der Waals surface area contributed by atoms with Gasteiger partial charge in [-0.3, -0.25) is 0 Å². The number of carboxylic acids is 1. The highest BCUT2D eigenvalue weighted by Crippen LogP contribution is 2.41. The summed E-state index contributed by atoms with van der Waals surface area (Å²) in [4.78, 5) is 24.2. The van der Waals surface area contributed by atoms with Gasteiger partial charge in [-0.25, -0.2) is 37.3 Å². The summed E-state index contributed by atoms with van der Waals surface area (Å²) in [7, 11) is 1.40. The van der Waals surface area contributed by atoms with Crippen LogP contribution in [0.2, 0.25) is 5.15 Å². The lowest BCUT2D eigenvalue weighted by molar-refractivity contribution is 0.0697. The predicted molar refractivity (Wildman–Crippen MR) is 163 cm³/mol. The van der Waals surface area contributed by atoms with Gasteiger partial charge in [0.25, 0.3) is 5.88 Å². The Morgan fingerprint density at radius 3 is 2.57 bits per heavy atom. The molecule has 244 valence electrons. The van der Waals surface area contributed by atoms with E-state index in [1.807, 2.05) is 13.8 Å². The Morgan fingerprint density at radius 1 is 1.09 bits per heavy atom. The molecule has 47 heavy (non-hydrogen) atoms. The molecule has 0 saturated carbocycles. The van der Waals surface area contributed by atoms with Gasteiger partial charge in [0.05, 0.1) is 48.7 Å². The summed E-state index contributed by atoms with van der Waals surface area (Å²) in [6.45, 7) is 4.30. The molecule has 1 fully saturated rings. The maximum atomic E-state index is 15.7. The van der Waals surface area contributed by atoms with E-state index >= 15 is 13.2 Å². The molecule has 6 rings (SSSR count). The van der Waals surface area contributed by atoms with Gasteiger partial charge in [0.15, 0.2) is 17.5 Å². The zero-order valence-corrected chi connectivity index (χ0v) is 26.0. The highest BCUT2D eigenvalue weighted by molar-refractivity contribution is 6.29. The number of benzene rings is 2. The van der Waals surface area contributed by atoms with E-state index in [0.717, 1.165) is 18.2 Å². The number of pyridine rings is 2. The molecule has 1 atom stereocenters. The van der Waals surface area contributed by atoms with Crippen LogP contribution >= 0.6 is 11.6 Å². The molecule has 1 aliphatic heterocycles. The van der Waals surface area contributed by atoms with Crippen molar-refractivity contribution < 1.29 is 41.7 Å². The number of halogens is 5. The first-order chi connectivity index (χ1) is 22.4. The quantitative estimate of drug-likeness (QED) is 0.0999. The molecular weight excluding hydrogens is 644 g/mol. The molecule has 2 aromatic carbocycles. The van der Waals surface area contributed by atoms with Gasteiger partial charge < -0.3 is 23.9 Å². The van der Waals surface area contributed by atoms with Crippen molar-refractivity contribution in [3.05, 3.63) is 99.6 Å². The summed E-state index contributed by atoms with van der Waals surface area (Å²) in [6.07, 6.45) is 0.910. The minimum absolute atomic E-state index is 0.00814. The Labute approximate surface area is 270 Å². The van der Waals surface area contributed by atoms with Gasteiger partial charge in [-0.2, -0.15) is 0 Å². The maximum Gasteiger partial charge on any atom is 0.335 e. The summed E-state index contributed by atoms with van der Waals surface area (Å²) < 4.78 is 79.8. The number of ether oxygens (including phenoxy) is 3. The first kappa shape index (κ1) is 32.2. The van der Waals surface area contributed by atoms with Crippen molar-refractivity contribution in [2.45, 2.75) is 32.9 Å². The Kier molecular flexibility index (Phi) is 8.53. The number of imidazole rings is 1. The normalized spacial score (nSPS) is 15.7. The van der Waals surface area contributed by atoms with Crippen LogP contribution in [0.25, 0.3) is 22.3 Å². The lowest BCUT2D eigenvalue weighted by Gasteiger charge is -2.28. The molecule has 3 aromatic heterocycles. The number of aromatic nitrogens is 4. The van der Waals surface area contributed by atoms with Gasteiger partial charge >= 0.3 is 5.97 Å². The lowest BCUT2D eigenvalue weighted by Crippen LogP contribution is -2.27. The van der Waals surface area contributed by atoms with E-state index < -0.39 is 58.1 Å². The fourth-order valence-electron chi connectivity index (χ4n) is 5.63. The van der Waals surface area contributed by atoms with Crippen molar-refractivity contribution in [3.8, 4) is 22.9 Å². The molecule has 1 unspecified atom stereocenters. The molecule has 1 saturated heterocycles.